The molecule has 0 aromatic rings. The first kappa shape index (κ1) is 10.7. The van der Waals surface area contributed by atoms with E-state index >= 15 is 0 Å². The largest absolute Gasteiger partial charge is 0.339 e. The lowest BCUT2D eigenvalue weighted by atomic mass is 10.0. The molecule has 2 aliphatic rings. The molecule has 0 aromatic heterocycles. The van der Waals surface area contributed by atoms with Crippen molar-refractivity contribution in [1.29, 1.82) is 0 Å². The van der Waals surface area contributed by atoms with Crippen molar-refractivity contribution in [1.82, 2.24) is 10.2 Å². The number of carbonyl (C=O) groups excluding carboxylic acids is 1. The minimum atomic E-state index is 0.266. The lowest BCUT2D eigenvalue weighted by molar-refractivity contribution is -0.126. The molecule has 0 aliphatic carbocycles. The average Bonchev–Trinajstić information content (AvgIpc) is 2.61. The first-order chi connectivity index (χ1) is 7.22. The SMILES string of the molecule is CCC1CCN(C(=O)C(C)=C2CNC2)C1. The van der Waals surface area contributed by atoms with Gasteiger partial charge < -0.3 is 10.2 Å². The summed E-state index contributed by atoms with van der Waals surface area (Å²) in [4.78, 5) is 14.1. The van der Waals surface area contributed by atoms with E-state index < -0.39 is 0 Å². The molecule has 0 aromatic carbocycles. The van der Waals surface area contributed by atoms with Crippen LogP contribution < -0.4 is 5.32 Å². The Hall–Kier alpha value is -0.830. The third-order valence-corrected chi connectivity index (χ3v) is 3.68. The first-order valence-corrected chi connectivity index (χ1v) is 5.91. The molecule has 0 radical (unpaired) electrons. The van der Waals surface area contributed by atoms with Gasteiger partial charge in [-0.25, -0.2) is 0 Å². The molecule has 3 heteroatoms. The summed E-state index contributed by atoms with van der Waals surface area (Å²) >= 11 is 0. The number of nitrogens with zero attached hydrogens (tertiary/aromatic N) is 1. The van der Waals surface area contributed by atoms with Gasteiger partial charge >= 0.3 is 0 Å². The minimum absolute atomic E-state index is 0.266. The Morgan fingerprint density at radius 3 is 2.73 bits per heavy atom. The number of amides is 1. The van der Waals surface area contributed by atoms with Gasteiger partial charge in [-0.3, -0.25) is 4.79 Å². The maximum absolute atomic E-state index is 12.1. The van der Waals surface area contributed by atoms with Crippen LogP contribution in [0, 0.1) is 5.92 Å². The van der Waals surface area contributed by atoms with Gasteiger partial charge in [-0.2, -0.15) is 0 Å². The second-order valence-corrected chi connectivity index (χ2v) is 4.65. The van der Waals surface area contributed by atoms with Crippen molar-refractivity contribution in [2.75, 3.05) is 26.2 Å². The van der Waals surface area contributed by atoms with Gasteiger partial charge in [0.05, 0.1) is 0 Å². The van der Waals surface area contributed by atoms with Crippen molar-refractivity contribution in [3.8, 4) is 0 Å². The fraction of sp³-hybridized carbons (Fsp3) is 0.750. The molecule has 2 fully saturated rings. The molecule has 1 N–H and O–H groups in total. The molecular formula is C12H20N2O. The molecule has 1 amide bonds. The van der Waals surface area contributed by atoms with E-state index in [2.05, 4.69) is 12.2 Å². The van der Waals surface area contributed by atoms with Crippen LogP contribution in [0.1, 0.15) is 26.7 Å². The number of hydrogen-bond donors (Lipinski definition) is 1. The summed E-state index contributed by atoms with van der Waals surface area (Å²) in [5.74, 6) is 0.994. The van der Waals surface area contributed by atoms with Gasteiger partial charge in [-0.1, -0.05) is 13.3 Å². The van der Waals surface area contributed by atoms with Crippen LogP contribution in [0.4, 0.5) is 0 Å². The van der Waals surface area contributed by atoms with E-state index in [0.29, 0.717) is 0 Å². The topological polar surface area (TPSA) is 32.3 Å². The Kier molecular flexibility index (Phi) is 3.10. The smallest absolute Gasteiger partial charge is 0.249 e. The Morgan fingerprint density at radius 2 is 2.27 bits per heavy atom. The highest BCUT2D eigenvalue weighted by molar-refractivity contribution is 5.94. The zero-order valence-electron chi connectivity index (χ0n) is 9.68. The summed E-state index contributed by atoms with van der Waals surface area (Å²) in [5, 5.41) is 3.18. The van der Waals surface area contributed by atoms with Crippen molar-refractivity contribution >= 4 is 5.91 Å². The van der Waals surface area contributed by atoms with Crippen LogP contribution in [-0.4, -0.2) is 37.0 Å². The number of hydrogen-bond acceptors (Lipinski definition) is 2. The standard InChI is InChI=1S/C12H20N2O/c1-3-10-4-5-14(8-10)12(15)9(2)11-6-13-7-11/h10,13H,3-8H2,1-2H3. The summed E-state index contributed by atoms with van der Waals surface area (Å²) in [6, 6.07) is 0. The normalized spacial score (nSPS) is 25.3. The summed E-state index contributed by atoms with van der Waals surface area (Å²) in [7, 11) is 0. The van der Waals surface area contributed by atoms with Crippen LogP contribution >= 0.6 is 0 Å². The van der Waals surface area contributed by atoms with E-state index in [1.807, 2.05) is 11.8 Å². The van der Waals surface area contributed by atoms with Gasteiger partial charge in [0.2, 0.25) is 5.91 Å². The predicted molar refractivity (Wildman–Crippen MR) is 60.5 cm³/mol. The second-order valence-electron chi connectivity index (χ2n) is 4.65. The highest BCUT2D eigenvalue weighted by Crippen LogP contribution is 2.22. The number of rotatable bonds is 2. The van der Waals surface area contributed by atoms with Gasteiger partial charge in [0.1, 0.15) is 0 Å². The zero-order valence-corrected chi connectivity index (χ0v) is 9.68. The van der Waals surface area contributed by atoms with Gasteiger partial charge in [-0.05, 0) is 24.8 Å². The molecular weight excluding hydrogens is 188 g/mol. The molecule has 1 atom stereocenters. The molecule has 3 nitrogen and oxygen atoms in total. The fourth-order valence-corrected chi connectivity index (χ4v) is 2.25. The van der Waals surface area contributed by atoms with E-state index in [9.17, 15) is 4.79 Å². The van der Waals surface area contributed by atoms with Crippen LogP contribution in [-0.2, 0) is 4.79 Å². The summed E-state index contributed by atoms with van der Waals surface area (Å²) < 4.78 is 0. The van der Waals surface area contributed by atoms with Gasteiger partial charge in [-0.15, -0.1) is 0 Å². The quantitative estimate of drug-likeness (QED) is 0.691. The molecule has 2 saturated heterocycles. The van der Waals surface area contributed by atoms with Crippen molar-refractivity contribution < 1.29 is 4.79 Å². The van der Waals surface area contributed by atoms with Crippen LogP contribution in [0.5, 0.6) is 0 Å². The van der Waals surface area contributed by atoms with Gasteiger partial charge in [0.15, 0.2) is 0 Å². The Morgan fingerprint density at radius 1 is 1.53 bits per heavy atom. The van der Waals surface area contributed by atoms with Gasteiger partial charge in [0.25, 0.3) is 0 Å². The van der Waals surface area contributed by atoms with Crippen molar-refractivity contribution in [2.24, 2.45) is 5.92 Å². The van der Waals surface area contributed by atoms with E-state index in [-0.39, 0.29) is 5.91 Å². The second kappa shape index (κ2) is 4.35. The predicted octanol–water partition coefficient (Wildman–Crippen LogP) is 1.16. The van der Waals surface area contributed by atoms with Crippen LogP contribution in [0.2, 0.25) is 0 Å². The molecule has 84 valence electrons. The molecule has 15 heavy (non-hydrogen) atoms. The van der Waals surface area contributed by atoms with E-state index in [4.69, 9.17) is 0 Å². The van der Waals surface area contributed by atoms with E-state index in [0.717, 1.165) is 37.7 Å². The molecule has 0 spiro atoms. The van der Waals surface area contributed by atoms with Crippen molar-refractivity contribution in [3.63, 3.8) is 0 Å². The number of carbonyl (C=O) groups is 1. The molecule has 0 bridgehead atoms. The zero-order chi connectivity index (χ0) is 10.8. The third kappa shape index (κ3) is 2.07. The highest BCUT2D eigenvalue weighted by atomic mass is 16.2. The van der Waals surface area contributed by atoms with Gasteiger partial charge in [0, 0.05) is 31.8 Å². The first-order valence-electron chi connectivity index (χ1n) is 5.91. The number of nitrogens with one attached hydrogen (secondary N) is 1. The maximum atomic E-state index is 12.1. The van der Waals surface area contributed by atoms with Crippen molar-refractivity contribution in [2.45, 2.75) is 26.7 Å². The summed E-state index contributed by atoms with van der Waals surface area (Å²) in [6.45, 7) is 7.91. The van der Waals surface area contributed by atoms with E-state index in [1.54, 1.807) is 0 Å². The molecule has 2 heterocycles. The monoisotopic (exact) mass is 208 g/mol. The van der Waals surface area contributed by atoms with Crippen LogP contribution in [0.3, 0.4) is 0 Å². The molecule has 2 aliphatic heterocycles. The summed E-state index contributed by atoms with van der Waals surface area (Å²) in [5.41, 5.74) is 2.27. The molecule has 0 saturated carbocycles. The minimum Gasteiger partial charge on any atom is -0.339 e. The Bertz CT molecular complexity index is 290. The fourth-order valence-electron chi connectivity index (χ4n) is 2.25. The maximum Gasteiger partial charge on any atom is 0.249 e. The number of likely N-dealkylation sites (tertiary alicyclic amines) is 1. The van der Waals surface area contributed by atoms with Crippen LogP contribution in [0.15, 0.2) is 11.1 Å². The molecule has 1 unspecified atom stereocenters. The van der Waals surface area contributed by atoms with Crippen LogP contribution in [0.25, 0.3) is 0 Å². The summed E-state index contributed by atoms with van der Waals surface area (Å²) in [6.07, 6.45) is 2.38. The third-order valence-electron chi connectivity index (χ3n) is 3.68. The lowest BCUT2D eigenvalue weighted by Gasteiger charge is -2.24. The Balaban J connectivity index is 1.97. The lowest BCUT2D eigenvalue weighted by Crippen LogP contribution is -2.38. The highest BCUT2D eigenvalue weighted by Gasteiger charge is 2.27. The average molecular weight is 208 g/mol. The Labute approximate surface area is 91.5 Å². The molecule has 2 rings (SSSR count). The van der Waals surface area contributed by atoms with E-state index in [1.165, 1.54) is 18.4 Å². The van der Waals surface area contributed by atoms with Crippen molar-refractivity contribution in [3.05, 3.63) is 11.1 Å².